The van der Waals surface area contributed by atoms with Gasteiger partial charge in [0, 0.05) is 39.0 Å². The predicted octanol–water partition coefficient (Wildman–Crippen LogP) is 3.19. The summed E-state index contributed by atoms with van der Waals surface area (Å²) in [5.41, 5.74) is 0.725. The van der Waals surface area contributed by atoms with Crippen LogP contribution in [0.3, 0.4) is 0 Å². The highest BCUT2D eigenvalue weighted by atomic mass is 16.6. The van der Waals surface area contributed by atoms with Crippen molar-refractivity contribution in [3.05, 3.63) is 46.5 Å². The van der Waals surface area contributed by atoms with Crippen molar-refractivity contribution >= 4 is 11.4 Å². The Morgan fingerprint density at radius 1 is 1.44 bits per heavy atom. The fourth-order valence-electron chi connectivity index (χ4n) is 3.52. The maximum atomic E-state index is 11.6. The van der Waals surface area contributed by atoms with Crippen LogP contribution in [0.5, 0.6) is 5.75 Å². The largest absolute Gasteiger partial charge is 0.487 e. The number of nitro groups is 1. The highest BCUT2D eigenvalue weighted by Crippen LogP contribution is 2.39. The van der Waals surface area contributed by atoms with Gasteiger partial charge in [0.25, 0.3) is 0 Å². The van der Waals surface area contributed by atoms with E-state index in [1.807, 2.05) is 43.1 Å². The molecule has 1 fully saturated rings. The van der Waals surface area contributed by atoms with Gasteiger partial charge < -0.3 is 14.2 Å². The minimum atomic E-state index is -0.331. The maximum Gasteiger partial charge on any atom is 0.333 e. The number of benzene rings is 1. The molecule has 0 unspecified atom stereocenters. The predicted molar refractivity (Wildman–Crippen MR) is 96.1 cm³/mol. The van der Waals surface area contributed by atoms with Crippen molar-refractivity contribution < 1.29 is 9.66 Å². The van der Waals surface area contributed by atoms with Crippen LogP contribution in [0.15, 0.2) is 30.6 Å². The molecule has 2 aromatic rings. The molecule has 134 valence electrons. The van der Waals surface area contributed by atoms with Crippen molar-refractivity contribution in [2.75, 3.05) is 24.6 Å². The van der Waals surface area contributed by atoms with E-state index in [0.717, 1.165) is 38.2 Å². The van der Waals surface area contributed by atoms with Crippen LogP contribution in [0.1, 0.15) is 25.6 Å². The summed E-state index contributed by atoms with van der Waals surface area (Å²) in [7, 11) is 2.00. The average molecular weight is 344 g/mol. The molecule has 0 amide bonds. The standard InChI is InChI=1S/C18H24N4O3/c1-3-25-16-8-4-7-15(18(16)22(23)24)21-10-5-6-14(13-21)12-17-19-9-11-20(17)2/h4,7-9,11,14H,3,5-6,10,12-13H2,1-2H3/t14-/m0/s1. The number of piperidine rings is 1. The Morgan fingerprint density at radius 2 is 2.28 bits per heavy atom. The van der Waals surface area contributed by atoms with E-state index in [4.69, 9.17) is 4.74 Å². The molecule has 2 heterocycles. The number of para-hydroxylation sites is 1. The van der Waals surface area contributed by atoms with Gasteiger partial charge in [-0.15, -0.1) is 0 Å². The van der Waals surface area contributed by atoms with Gasteiger partial charge in [-0.2, -0.15) is 0 Å². The van der Waals surface area contributed by atoms with Crippen LogP contribution in [0.4, 0.5) is 11.4 Å². The highest BCUT2D eigenvalue weighted by molar-refractivity contribution is 5.70. The molecule has 25 heavy (non-hydrogen) atoms. The Morgan fingerprint density at radius 3 is 2.96 bits per heavy atom. The van der Waals surface area contributed by atoms with Crippen molar-refractivity contribution in [2.24, 2.45) is 13.0 Å². The maximum absolute atomic E-state index is 11.6. The number of hydrogen-bond acceptors (Lipinski definition) is 5. The first-order valence-electron chi connectivity index (χ1n) is 8.71. The zero-order valence-electron chi connectivity index (χ0n) is 14.7. The Hall–Kier alpha value is -2.57. The number of hydrogen-bond donors (Lipinski definition) is 0. The lowest BCUT2D eigenvalue weighted by atomic mass is 9.94. The van der Waals surface area contributed by atoms with Crippen LogP contribution < -0.4 is 9.64 Å². The summed E-state index contributed by atoms with van der Waals surface area (Å²) < 4.78 is 7.51. The Labute approximate surface area is 147 Å². The second-order valence-corrected chi connectivity index (χ2v) is 6.43. The molecule has 0 saturated carbocycles. The van der Waals surface area contributed by atoms with Gasteiger partial charge >= 0.3 is 5.69 Å². The zero-order chi connectivity index (χ0) is 17.8. The third-order valence-corrected chi connectivity index (χ3v) is 4.71. The first-order valence-corrected chi connectivity index (χ1v) is 8.71. The molecule has 1 aliphatic rings. The van der Waals surface area contributed by atoms with Crippen LogP contribution in [-0.4, -0.2) is 34.2 Å². The number of nitrogens with zero attached hydrogens (tertiary/aromatic N) is 4. The first kappa shape index (κ1) is 17.3. The van der Waals surface area contributed by atoms with E-state index in [-0.39, 0.29) is 10.6 Å². The van der Waals surface area contributed by atoms with Crippen molar-refractivity contribution in [3.8, 4) is 5.75 Å². The quantitative estimate of drug-likeness (QED) is 0.594. The van der Waals surface area contributed by atoms with Crippen molar-refractivity contribution in [2.45, 2.75) is 26.2 Å². The molecule has 0 N–H and O–H groups in total. The molecule has 3 rings (SSSR count). The number of anilines is 1. The van der Waals surface area contributed by atoms with E-state index < -0.39 is 0 Å². The van der Waals surface area contributed by atoms with E-state index >= 15 is 0 Å². The SMILES string of the molecule is CCOc1cccc(N2CCC[C@@H](Cc3nccn3C)C2)c1[N+](=O)[O-]. The highest BCUT2D eigenvalue weighted by Gasteiger charge is 2.29. The van der Waals surface area contributed by atoms with Gasteiger partial charge in [0.1, 0.15) is 11.5 Å². The summed E-state index contributed by atoms with van der Waals surface area (Å²) in [6.45, 7) is 3.86. The molecule has 1 aromatic carbocycles. The molecule has 0 spiro atoms. The lowest BCUT2D eigenvalue weighted by Gasteiger charge is -2.34. The molecule has 0 radical (unpaired) electrons. The summed E-state index contributed by atoms with van der Waals surface area (Å²) in [5.74, 6) is 1.84. The number of imidazole rings is 1. The number of aryl methyl sites for hydroxylation is 1. The van der Waals surface area contributed by atoms with Crippen molar-refractivity contribution in [1.29, 1.82) is 0 Å². The Bertz CT molecular complexity index is 744. The minimum absolute atomic E-state index is 0.0713. The molecular formula is C18H24N4O3. The van der Waals surface area contributed by atoms with Crippen LogP contribution in [-0.2, 0) is 13.5 Å². The summed E-state index contributed by atoms with van der Waals surface area (Å²) >= 11 is 0. The second-order valence-electron chi connectivity index (χ2n) is 6.43. The zero-order valence-corrected chi connectivity index (χ0v) is 14.7. The van der Waals surface area contributed by atoms with E-state index in [1.54, 1.807) is 6.07 Å². The smallest absolute Gasteiger partial charge is 0.333 e. The van der Waals surface area contributed by atoms with Crippen LogP contribution in [0, 0.1) is 16.0 Å². The minimum Gasteiger partial charge on any atom is -0.487 e. The molecule has 1 aromatic heterocycles. The van der Waals surface area contributed by atoms with Crippen LogP contribution in [0.2, 0.25) is 0 Å². The fraction of sp³-hybridized carbons (Fsp3) is 0.500. The molecule has 0 aliphatic carbocycles. The van der Waals surface area contributed by atoms with E-state index in [9.17, 15) is 10.1 Å². The number of nitro benzene ring substituents is 1. The van der Waals surface area contributed by atoms with Gasteiger partial charge in [-0.3, -0.25) is 10.1 Å². The molecule has 1 saturated heterocycles. The number of ether oxygens (including phenoxy) is 1. The molecule has 0 bridgehead atoms. The average Bonchev–Trinajstić information content (AvgIpc) is 3.00. The van der Waals surface area contributed by atoms with Gasteiger partial charge in [0.05, 0.1) is 11.5 Å². The summed E-state index contributed by atoms with van der Waals surface area (Å²) in [5, 5.41) is 11.6. The summed E-state index contributed by atoms with van der Waals surface area (Å²) in [4.78, 5) is 17.8. The van der Waals surface area contributed by atoms with Gasteiger partial charge in [-0.1, -0.05) is 6.07 Å². The van der Waals surface area contributed by atoms with Crippen LogP contribution >= 0.6 is 0 Å². The first-order chi connectivity index (χ1) is 12.1. The lowest BCUT2D eigenvalue weighted by molar-refractivity contribution is -0.385. The van der Waals surface area contributed by atoms with Crippen molar-refractivity contribution in [1.82, 2.24) is 9.55 Å². The summed E-state index contributed by atoms with van der Waals surface area (Å²) in [6, 6.07) is 5.32. The lowest BCUT2D eigenvalue weighted by Crippen LogP contribution is -2.37. The van der Waals surface area contributed by atoms with E-state index in [2.05, 4.69) is 9.88 Å². The van der Waals surface area contributed by atoms with Crippen molar-refractivity contribution in [3.63, 3.8) is 0 Å². The molecule has 1 atom stereocenters. The number of rotatable bonds is 6. The Kier molecular flexibility index (Phi) is 5.21. The molecule has 7 heteroatoms. The third kappa shape index (κ3) is 3.75. The monoisotopic (exact) mass is 344 g/mol. The molecule has 1 aliphatic heterocycles. The summed E-state index contributed by atoms with van der Waals surface area (Å²) in [6.07, 6.45) is 6.78. The van der Waals surface area contributed by atoms with E-state index in [0.29, 0.717) is 24.0 Å². The second kappa shape index (κ2) is 7.55. The van der Waals surface area contributed by atoms with Gasteiger partial charge in [0.2, 0.25) is 0 Å². The Balaban J connectivity index is 1.82. The number of aromatic nitrogens is 2. The van der Waals surface area contributed by atoms with Gasteiger partial charge in [0.15, 0.2) is 5.75 Å². The normalized spacial score (nSPS) is 17.5. The van der Waals surface area contributed by atoms with Crippen LogP contribution in [0.25, 0.3) is 0 Å². The third-order valence-electron chi connectivity index (χ3n) is 4.71. The van der Waals surface area contributed by atoms with Gasteiger partial charge in [-0.25, -0.2) is 4.98 Å². The topological polar surface area (TPSA) is 73.4 Å². The van der Waals surface area contributed by atoms with Gasteiger partial charge in [-0.05, 0) is 37.8 Å². The molecular weight excluding hydrogens is 320 g/mol. The fourth-order valence-corrected chi connectivity index (χ4v) is 3.52. The van der Waals surface area contributed by atoms with E-state index in [1.165, 1.54) is 0 Å². The molecule has 7 nitrogen and oxygen atoms in total.